The van der Waals surface area contributed by atoms with Crippen molar-refractivity contribution >= 4 is 5.97 Å². The van der Waals surface area contributed by atoms with Crippen molar-refractivity contribution in [1.82, 2.24) is 5.32 Å². The molecule has 0 aromatic carbocycles. The van der Waals surface area contributed by atoms with Crippen molar-refractivity contribution < 1.29 is 9.53 Å². The molecule has 0 aliphatic carbocycles. The largest absolute Gasteiger partial charge is 0.460 e. The summed E-state index contributed by atoms with van der Waals surface area (Å²) in [5.41, 5.74) is 0.865. The number of carbonyl (C=O) groups is 1. The summed E-state index contributed by atoms with van der Waals surface area (Å²) < 4.78 is 4.97. The molecule has 0 unspecified atom stereocenters. The van der Waals surface area contributed by atoms with Gasteiger partial charge in [-0.05, 0) is 27.2 Å². The van der Waals surface area contributed by atoms with E-state index in [9.17, 15) is 4.79 Å². The molecule has 0 amide bonds. The molecule has 0 aromatic rings. The van der Waals surface area contributed by atoms with E-state index < -0.39 is 0 Å². The Morgan fingerprint density at radius 3 is 2.64 bits per heavy atom. The Balaban J connectivity index is 3.78. The Morgan fingerprint density at radius 1 is 1.50 bits per heavy atom. The lowest BCUT2D eigenvalue weighted by Gasteiger charge is -2.07. The first kappa shape index (κ1) is 13.0. The summed E-state index contributed by atoms with van der Waals surface area (Å²) in [7, 11) is 0. The van der Waals surface area contributed by atoms with Gasteiger partial charge < -0.3 is 10.1 Å². The second kappa shape index (κ2) is 7.42. The van der Waals surface area contributed by atoms with Gasteiger partial charge in [-0.3, -0.25) is 0 Å². The van der Waals surface area contributed by atoms with Crippen LogP contribution in [-0.4, -0.2) is 18.6 Å². The van der Waals surface area contributed by atoms with Crippen LogP contribution in [0.1, 0.15) is 40.5 Å². The molecule has 0 rings (SSSR count). The van der Waals surface area contributed by atoms with Crippen molar-refractivity contribution in [3.8, 4) is 0 Å². The molecule has 1 N–H and O–H groups in total. The fourth-order valence-corrected chi connectivity index (χ4v) is 0.956. The van der Waals surface area contributed by atoms with Crippen LogP contribution in [0.15, 0.2) is 11.8 Å². The lowest BCUT2D eigenvalue weighted by molar-refractivity contribution is -0.141. The second-order valence-corrected chi connectivity index (χ2v) is 3.59. The van der Waals surface area contributed by atoms with Crippen LogP contribution in [0.2, 0.25) is 0 Å². The highest BCUT2D eigenvalue weighted by Gasteiger charge is 2.01. The molecule has 0 aliphatic rings. The molecule has 0 radical (unpaired) electrons. The molecule has 3 nitrogen and oxygen atoms in total. The Hall–Kier alpha value is -0.990. The van der Waals surface area contributed by atoms with Gasteiger partial charge in [-0.15, -0.1) is 0 Å². The SMILES string of the molecule is CCCCN/C(C)=C\C(=O)OC(C)C. The maximum absolute atomic E-state index is 11.2. The molecule has 0 heterocycles. The molecule has 0 fully saturated rings. The third-order valence-corrected chi connectivity index (χ3v) is 1.62. The van der Waals surface area contributed by atoms with Gasteiger partial charge in [0.1, 0.15) is 0 Å². The molecule has 14 heavy (non-hydrogen) atoms. The van der Waals surface area contributed by atoms with E-state index in [-0.39, 0.29) is 12.1 Å². The minimum atomic E-state index is -0.276. The number of ether oxygens (including phenoxy) is 1. The number of nitrogens with one attached hydrogen (secondary N) is 1. The van der Waals surface area contributed by atoms with Crippen molar-refractivity contribution in [2.45, 2.75) is 46.6 Å². The first-order valence-corrected chi connectivity index (χ1v) is 5.19. The predicted molar refractivity (Wildman–Crippen MR) is 57.9 cm³/mol. The van der Waals surface area contributed by atoms with E-state index in [1.807, 2.05) is 20.8 Å². The normalized spacial score (nSPS) is 11.6. The van der Waals surface area contributed by atoms with Gasteiger partial charge >= 0.3 is 5.97 Å². The van der Waals surface area contributed by atoms with Gasteiger partial charge in [-0.25, -0.2) is 4.79 Å². The number of hydrogen-bond acceptors (Lipinski definition) is 3. The summed E-state index contributed by atoms with van der Waals surface area (Å²) in [6.45, 7) is 8.59. The van der Waals surface area contributed by atoms with E-state index in [0.29, 0.717) is 0 Å². The Labute approximate surface area is 86.5 Å². The molecule has 0 aliphatic heterocycles. The van der Waals surface area contributed by atoms with Gasteiger partial charge in [-0.1, -0.05) is 13.3 Å². The summed E-state index contributed by atoms with van der Waals surface area (Å²) in [6, 6.07) is 0. The predicted octanol–water partition coefficient (Wildman–Crippen LogP) is 2.23. The van der Waals surface area contributed by atoms with Gasteiger partial charge in [0.2, 0.25) is 0 Å². The number of esters is 1. The maximum atomic E-state index is 11.2. The van der Waals surface area contributed by atoms with Gasteiger partial charge in [-0.2, -0.15) is 0 Å². The van der Waals surface area contributed by atoms with Crippen LogP contribution >= 0.6 is 0 Å². The van der Waals surface area contributed by atoms with E-state index in [2.05, 4.69) is 12.2 Å². The lowest BCUT2D eigenvalue weighted by Crippen LogP contribution is -2.15. The Kier molecular flexibility index (Phi) is 6.89. The highest BCUT2D eigenvalue weighted by atomic mass is 16.5. The van der Waals surface area contributed by atoms with E-state index >= 15 is 0 Å². The first-order chi connectivity index (χ1) is 6.56. The fourth-order valence-electron chi connectivity index (χ4n) is 0.956. The molecular formula is C11H21NO2. The molecule has 82 valence electrons. The van der Waals surface area contributed by atoms with Crippen LogP contribution in [-0.2, 0) is 9.53 Å². The number of rotatable bonds is 6. The second-order valence-electron chi connectivity index (χ2n) is 3.59. The highest BCUT2D eigenvalue weighted by Crippen LogP contribution is 1.94. The van der Waals surface area contributed by atoms with E-state index in [0.717, 1.165) is 25.1 Å². The number of allylic oxidation sites excluding steroid dienone is 1. The van der Waals surface area contributed by atoms with Crippen LogP contribution in [0, 0.1) is 0 Å². The summed E-state index contributed by atoms with van der Waals surface area (Å²) >= 11 is 0. The number of unbranched alkanes of at least 4 members (excludes halogenated alkanes) is 1. The van der Waals surface area contributed by atoms with Crippen LogP contribution < -0.4 is 5.32 Å². The van der Waals surface area contributed by atoms with E-state index in [1.54, 1.807) is 0 Å². The summed E-state index contributed by atoms with van der Waals surface area (Å²) in [4.78, 5) is 11.2. The molecule has 0 saturated heterocycles. The van der Waals surface area contributed by atoms with E-state index in [4.69, 9.17) is 4.74 Å². The topological polar surface area (TPSA) is 38.3 Å². The van der Waals surface area contributed by atoms with Crippen molar-refractivity contribution in [3.05, 3.63) is 11.8 Å². The van der Waals surface area contributed by atoms with Crippen molar-refractivity contribution in [1.29, 1.82) is 0 Å². The fraction of sp³-hybridized carbons (Fsp3) is 0.727. The molecular weight excluding hydrogens is 178 g/mol. The zero-order valence-corrected chi connectivity index (χ0v) is 9.59. The summed E-state index contributed by atoms with van der Waals surface area (Å²) in [5, 5.41) is 3.15. The third-order valence-electron chi connectivity index (χ3n) is 1.62. The van der Waals surface area contributed by atoms with Crippen LogP contribution in [0.3, 0.4) is 0 Å². The zero-order valence-electron chi connectivity index (χ0n) is 9.59. The lowest BCUT2D eigenvalue weighted by atomic mass is 10.3. The smallest absolute Gasteiger partial charge is 0.332 e. The van der Waals surface area contributed by atoms with Crippen LogP contribution in [0.4, 0.5) is 0 Å². The van der Waals surface area contributed by atoms with Gasteiger partial charge in [0.25, 0.3) is 0 Å². The van der Waals surface area contributed by atoms with Crippen LogP contribution in [0.25, 0.3) is 0 Å². The average molecular weight is 199 g/mol. The van der Waals surface area contributed by atoms with Gasteiger partial charge in [0, 0.05) is 18.3 Å². The monoisotopic (exact) mass is 199 g/mol. The zero-order chi connectivity index (χ0) is 11.0. The molecule has 3 heteroatoms. The highest BCUT2D eigenvalue weighted by molar-refractivity contribution is 5.82. The minimum Gasteiger partial charge on any atom is -0.460 e. The van der Waals surface area contributed by atoms with Crippen molar-refractivity contribution in [3.63, 3.8) is 0 Å². The first-order valence-electron chi connectivity index (χ1n) is 5.19. The molecule has 0 bridgehead atoms. The number of hydrogen-bond donors (Lipinski definition) is 1. The van der Waals surface area contributed by atoms with Gasteiger partial charge in [0.05, 0.1) is 6.10 Å². The van der Waals surface area contributed by atoms with Gasteiger partial charge in [0.15, 0.2) is 0 Å². The maximum Gasteiger partial charge on any atom is 0.332 e. The standard InChI is InChI=1S/C11H21NO2/c1-5-6-7-12-10(4)8-11(13)14-9(2)3/h8-9,12H,5-7H2,1-4H3/b10-8-. The molecule has 0 saturated carbocycles. The average Bonchev–Trinajstić information content (AvgIpc) is 2.02. The van der Waals surface area contributed by atoms with Crippen molar-refractivity contribution in [2.75, 3.05) is 6.54 Å². The van der Waals surface area contributed by atoms with E-state index in [1.165, 1.54) is 6.08 Å². The quantitative estimate of drug-likeness (QED) is 0.405. The minimum absolute atomic E-state index is 0.0535. The molecule has 0 spiro atoms. The summed E-state index contributed by atoms with van der Waals surface area (Å²) in [5.74, 6) is -0.276. The Morgan fingerprint density at radius 2 is 2.14 bits per heavy atom. The molecule has 0 aromatic heterocycles. The van der Waals surface area contributed by atoms with Crippen molar-refractivity contribution in [2.24, 2.45) is 0 Å². The molecule has 0 atom stereocenters. The van der Waals surface area contributed by atoms with Crippen LogP contribution in [0.5, 0.6) is 0 Å². The third kappa shape index (κ3) is 7.65. The Bertz CT molecular complexity index is 197. The summed E-state index contributed by atoms with van der Waals surface area (Å²) in [6.07, 6.45) is 3.71. The number of carbonyl (C=O) groups excluding carboxylic acids is 1.